The summed E-state index contributed by atoms with van der Waals surface area (Å²) in [6.45, 7) is 2.20. The first-order valence-electron chi connectivity index (χ1n) is 6.30. The first-order valence-corrected chi connectivity index (χ1v) is 7.10. The van der Waals surface area contributed by atoms with Crippen molar-refractivity contribution >= 4 is 33.3 Å². The minimum Gasteiger partial charge on any atom is -0.377 e. The molecule has 0 fully saturated rings. The minimum absolute atomic E-state index is 0.303. The third-order valence-electron chi connectivity index (χ3n) is 2.83. The molecule has 5 nitrogen and oxygen atoms in total. The van der Waals surface area contributed by atoms with Gasteiger partial charge in [-0.2, -0.15) is 0 Å². The van der Waals surface area contributed by atoms with Crippen LogP contribution in [0.2, 0.25) is 0 Å². The number of halogens is 2. The summed E-state index contributed by atoms with van der Waals surface area (Å²) in [7, 11) is 3.35. The van der Waals surface area contributed by atoms with Crippen molar-refractivity contribution in [3.8, 4) is 0 Å². The maximum atomic E-state index is 13.7. The van der Waals surface area contributed by atoms with Crippen LogP contribution in [0.15, 0.2) is 22.7 Å². The summed E-state index contributed by atoms with van der Waals surface area (Å²) in [5, 5.41) is 6.07. The van der Waals surface area contributed by atoms with E-state index in [9.17, 15) is 4.39 Å². The molecule has 1 aromatic heterocycles. The molecule has 0 aliphatic carbocycles. The van der Waals surface area contributed by atoms with E-state index in [-0.39, 0.29) is 5.82 Å². The Kier molecular flexibility index (Phi) is 5.08. The van der Waals surface area contributed by atoms with Gasteiger partial charge in [-0.15, -0.1) is 0 Å². The molecular formula is C14H16BrFN4O. The van der Waals surface area contributed by atoms with E-state index in [1.807, 2.05) is 6.92 Å². The highest BCUT2D eigenvalue weighted by Gasteiger charge is 2.08. The smallest absolute Gasteiger partial charge is 0.158 e. The van der Waals surface area contributed by atoms with Crippen molar-refractivity contribution in [3.05, 3.63) is 39.9 Å². The molecule has 0 radical (unpaired) electrons. The number of benzene rings is 1. The summed E-state index contributed by atoms with van der Waals surface area (Å²) in [6.07, 6.45) is 0. The molecule has 1 aromatic carbocycles. The molecule has 0 atom stereocenters. The van der Waals surface area contributed by atoms with E-state index in [0.29, 0.717) is 34.2 Å². The first kappa shape index (κ1) is 15.7. The third kappa shape index (κ3) is 3.89. The average molecular weight is 355 g/mol. The van der Waals surface area contributed by atoms with E-state index in [2.05, 4.69) is 36.5 Å². The predicted octanol–water partition coefficient (Wildman–Crippen LogP) is 3.62. The van der Waals surface area contributed by atoms with Crippen LogP contribution < -0.4 is 10.6 Å². The first-order chi connectivity index (χ1) is 10.0. The van der Waals surface area contributed by atoms with Crippen LogP contribution in [0, 0.1) is 12.7 Å². The van der Waals surface area contributed by atoms with Crippen LogP contribution >= 0.6 is 15.9 Å². The second kappa shape index (κ2) is 6.82. The number of nitrogens with one attached hydrogen (secondary N) is 2. The summed E-state index contributed by atoms with van der Waals surface area (Å²) in [5.74, 6) is 1.45. The van der Waals surface area contributed by atoms with Crippen LogP contribution in [0.3, 0.4) is 0 Å². The van der Waals surface area contributed by atoms with Gasteiger partial charge in [0.25, 0.3) is 0 Å². The molecule has 112 valence electrons. The van der Waals surface area contributed by atoms with Crippen LogP contribution in [0.5, 0.6) is 0 Å². The molecular weight excluding hydrogens is 339 g/mol. The lowest BCUT2D eigenvalue weighted by atomic mass is 10.2. The maximum Gasteiger partial charge on any atom is 0.158 e. The number of anilines is 3. The normalized spacial score (nSPS) is 10.5. The van der Waals surface area contributed by atoms with Gasteiger partial charge < -0.3 is 15.4 Å². The van der Waals surface area contributed by atoms with Crippen LogP contribution in [-0.2, 0) is 11.3 Å². The molecule has 1 heterocycles. The standard InChI is InChI=1S/C14H16BrFN4O/c1-8-4-9(15)10(16)5-11(8)18-13-6-12(17-2)19-14(20-13)7-21-3/h4-6H,7H2,1-3H3,(H2,17,18,19,20). The third-order valence-corrected chi connectivity index (χ3v) is 3.44. The number of aromatic nitrogens is 2. The number of aryl methyl sites for hydroxylation is 1. The topological polar surface area (TPSA) is 59.1 Å². The largest absolute Gasteiger partial charge is 0.377 e. The van der Waals surface area contributed by atoms with Crippen LogP contribution in [-0.4, -0.2) is 24.1 Å². The molecule has 2 rings (SSSR count). The Hall–Kier alpha value is -1.73. The van der Waals surface area contributed by atoms with Gasteiger partial charge in [-0.05, 0) is 40.5 Å². The zero-order chi connectivity index (χ0) is 15.4. The minimum atomic E-state index is -0.330. The number of hydrogen-bond donors (Lipinski definition) is 2. The average Bonchev–Trinajstić information content (AvgIpc) is 2.45. The lowest BCUT2D eigenvalue weighted by Gasteiger charge is -2.12. The molecule has 0 saturated heterocycles. The van der Waals surface area contributed by atoms with Gasteiger partial charge >= 0.3 is 0 Å². The highest BCUT2D eigenvalue weighted by atomic mass is 79.9. The van der Waals surface area contributed by atoms with Gasteiger partial charge in [-0.1, -0.05) is 0 Å². The second-order valence-corrected chi connectivity index (χ2v) is 5.30. The number of hydrogen-bond acceptors (Lipinski definition) is 5. The molecule has 7 heteroatoms. The highest BCUT2D eigenvalue weighted by Crippen LogP contribution is 2.26. The van der Waals surface area contributed by atoms with Crippen molar-refractivity contribution < 1.29 is 9.13 Å². The summed E-state index contributed by atoms with van der Waals surface area (Å²) in [4.78, 5) is 8.61. The van der Waals surface area contributed by atoms with Gasteiger partial charge in [0.15, 0.2) is 5.82 Å². The number of methoxy groups -OCH3 is 1. The van der Waals surface area contributed by atoms with E-state index >= 15 is 0 Å². The molecule has 0 unspecified atom stereocenters. The Morgan fingerprint density at radius 2 is 1.95 bits per heavy atom. The van der Waals surface area contributed by atoms with Gasteiger partial charge in [-0.3, -0.25) is 0 Å². The summed E-state index contributed by atoms with van der Waals surface area (Å²) in [5.41, 5.74) is 1.56. The molecule has 0 amide bonds. The SMILES string of the molecule is CNc1cc(Nc2cc(F)c(Br)cc2C)nc(COC)n1. The fourth-order valence-corrected chi connectivity index (χ4v) is 2.26. The summed E-state index contributed by atoms with van der Waals surface area (Å²) >= 11 is 3.17. The van der Waals surface area contributed by atoms with Gasteiger partial charge in [0.05, 0.1) is 4.47 Å². The monoisotopic (exact) mass is 354 g/mol. The molecule has 0 saturated carbocycles. The van der Waals surface area contributed by atoms with Crippen molar-refractivity contribution in [2.24, 2.45) is 0 Å². The van der Waals surface area contributed by atoms with Gasteiger partial charge in [0.1, 0.15) is 24.1 Å². The van der Waals surface area contributed by atoms with Gasteiger partial charge in [0, 0.05) is 25.9 Å². The molecule has 2 aromatic rings. The van der Waals surface area contributed by atoms with Crippen molar-refractivity contribution in [1.82, 2.24) is 9.97 Å². The number of rotatable bonds is 5. The lowest BCUT2D eigenvalue weighted by molar-refractivity contribution is 0.178. The Bertz CT molecular complexity index is 651. The quantitative estimate of drug-likeness (QED) is 0.858. The molecule has 0 aliphatic heterocycles. The van der Waals surface area contributed by atoms with Crippen molar-refractivity contribution in [2.75, 3.05) is 24.8 Å². The highest BCUT2D eigenvalue weighted by molar-refractivity contribution is 9.10. The second-order valence-electron chi connectivity index (χ2n) is 4.44. The Morgan fingerprint density at radius 3 is 2.62 bits per heavy atom. The molecule has 0 spiro atoms. The maximum absolute atomic E-state index is 13.7. The lowest BCUT2D eigenvalue weighted by Crippen LogP contribution is -2.05. The van der Waals surface area contributed by atoms with E-state index in [0.717, 1.165) is 5.56 Å². The zero-order valence-electron chi connectivity index (χ0n) is 12.0. The molecule has 0 aliphatic rings. The van der Waals surface area contributed by atoms with Crippen LogP contribution in [0.4, 0.5) is 21.7 Å². The molecule has 2 N–H and O–H groups in total. The fraction of sp³-hybridized carbons (Fsp3) is 0.286. The van der Waals surface area contributed by atoms with Crippen LogP contribution in [0.1, 0.15) is 11.4 Å². The van der Waals surface area contributed by atoms with Crippen molar-refractivity contribution in [1.29, 1.82) is 0 Å². The molecule has 0 bridgehead atoms. The fourth-order valence-electron chi connectivity index (χ4n) is 1.80. The zero-order valence-corrected chi connectivity index (χ0v) is 13.6. The van der Waals surface area contributed by atoms with E-state index < -0.39 is 0 Å². The number of nitrogens with zero attached hydrogens (tertiary/aromatic N) is 2. The summed E-state index contributed by atoms with van der Waals surface area (Å²) < 4.78 is 19.1. The van der Waals surface area contributed by atoms with Gasteiger partial charge in [-0.25, -0.2) is 14.4 Å². The Labute approximate surface area is 131 Å². The Balaban J connectivity index is 2.34. The van der Waals surface area contributed by atoms with Crippen molar-refractivity contribution in [2.45, 2.75) is 13.5 Å². The Morgan fingerprint density at radius 1 is 1.24 bits per heavy atom. The van der Waals surface area contributed by atoms with Crippen LogP contribution in [0.25, 0.3) is 0 Å². The van der Waals surface area contributed by atoms with E-state index in [1.165, 1.54) is 6.07 Å². The van der Waals surface area contributed by atoms with Gasteiger partial charge in [0.2, 0.25) is 0 Å². The molecule has 21 heavy (non-hydrogen) atoms. The number of ether oxygens (including phenoxy) is 1. The van der Waals surface area contributed by atoms with E-state index in [4.69, 9.17) is 4.74 Å². The van der Waals surface area contributed by atoms with Crippen molar-refractivity contribution in [3.63, 3.8) is 0 Å². The summed E-state index contributed by atoms with van der Waals surface area (Å²) in [6, 6.07) is 4.89. The predicted molar refractivity (Wildman–Crippen MR) is 84.4 cm³/mol. The van der Waals surface area contributed by atoms with E-state index in [1.54, 1.807) is 26.3 Å².